The standard InChI is InChI=1S/C27H29F3N8OS/c1-37-9-7-18(8-10-37)34-21-3-2-4-22-19(21)12-23(38(22)15-27(28,29)30)26-36-35-24(40-26)14-33-25(39)16-5-6-20(32)17(11-16)13-31/h2-6,11-13,18,31,34H,7-10,14-15,32H2,1H3,(H,33,39). The molecule has 1 saturated heterocycles. The highest BCUT2D eigenvalue weighted by Crippen LogP contribution is 2.36. The zero-order chi connectivity index (χ0) is 28.4. The number of halogens is 3. The number of benzene rings is 2. The molecule has 210 valence electrons. The number of nitrogen functional groups attached to an aromatic ring is 1. The fraction of sp³-hybridized carbons (Fsp3) is 0.333. The van der Waals surface area contributed by atoms with Crippen LogP contribution < -0.4 is 16.4 Å². The molecule has 0 radical (unpaired) electrons. The predicted octanol–water partition coefficient (Wildman–Crippen LogP) is 4.74. The number of hydrogen-bond acceptors (Lipinski definition) is 8. The molecule has 0 unspecified atom stereocenters. The number of fused-ring (bicyclic) bond motifs is 1. The quantitative estimate of drug-likeness (QED) is 0.179. The summed E-state index contributed by atoms with van der Waals surface area (Å²) in [5, 5.41) is 23.4. The first kappa shape index (κ1) is 27.6. The van der Waals surface area contributed by atoms with E-state index in [2.05, 4.69) is 32.8 Å². The molecule has 2 aromatic heterocycles. The Bertz CT molecular complexity index is 1540. The minimum absolute atomic E-state index is 0.0449. The van der Waals surface area contributed by atoms with Crippen LogP contribution in [0.3, 0.4) is 0 Å². The Morgan fingerprint density at radius 3 is 2.70 bits per heavy atom. The van der Waals surface area contributed by atoms with Crippen molar-refractivity contribution < 1.29 is 18.0 Å². The number of piperidine rings is 1. The third-order valence-corrected chi connectivity index (χ3v) is 7.90. The molecule has 0 spiro atoms. The Kier molecular flexibility index (Phi) is 7.76. The number of nitrogens with one attached hydrogen (secondary N) is 3. The van der Waals surface area contributed by atoms with Crippen molar-refractivity contribution in [2.24, 2.45) is 0 Å². The van der Waals surface area contributed by atoms with Gasteiger partial charge in [-0.1, -0.05) is 17.4 Å². The number of anilines is 2. The Balaban J connectivity index is 1.40. The molecule has 40 heavy (non-hydrogen) atoms. The normalized spacial score (nSPS) is 14.9. The molecule has 3 heterocycles. The zero-order valence-corrected chi connectivity index (χ0v) is 22.6. The summed E-state index contributed by atoms with van der Waals surface area (Å²) in [6, 6.07) is 11.9. The van der Waals surface area contributed by atoms with Gasteiger partial charge in [0, 0.05) is 40.1 Å². The minimum Gasteiger partial charge on any atom is -0.398 e. The van der Waals surface area contributed by atoms with Crippen molar-refractivity contribution in [2.75, 3.05) is 31.2 Å². The van der Waals surface area contributed by atoms with Gasteiger partial charge in [-0.25, -0.2) is 0 Å². The van der Waals surface area contributed by atoms with Crippen LogP contribution >= 0.6 is 11.3 Å². The maximum absolute atomic E-state index is 13.7. The van der Waals surface area contributed by atoms with E-state index >= 15 is 0 Å². The van der Waals surface area contributed by atoms with Gasteiger partial charge in [0.05, 0.1) is 17.8 Å². The van der Waals surface area contributed by atoms with E-state index < -0.39 is 18.6 Å². The van der Waals surface area contributed by atoms with E-state index in [1.165, 1.54) is 10.6 Å². The third-order valence-electron chi connectivity index (χ3n) is 6.95. The van der Waals surface area contributed by atoms with Crippen LogP contribution in [0.25, 0.3) is 21.6 Å². The number of likely N-dealkylation sites (tertiary alicyclic amines) is 1. The van der Waals surface area contributed by atoms with Crippen LogP contribution in [-0.2, 0) is 13.1 Å². The van der Waals surface area contributed by atoms with E-state index in [1.54, 1.807) is 30.3 Å². The molecule has 1 aliphatic heterocycles. The van der Waals surface area contributed by atoms with Crippen LogP contribution in [0.15, 0.2) is 42.5 Å². The maximum Gasteiger partial charge on any atom is 0.406 e. The first-order chi connectivity index (χ1) is 19.1. The topological polar surface area (TPSA) is 125 Å². The lowest BCUT2D eigenvalue weighted by Crippen LogP contribution is -2.36. The number of amides is 1. The molecule has 13 heteroatoms. The molecular formula is C27H29F3N8OS. The smallest absolute Gasteiger partial charge is 0.398 e. The molecular weight excluding hydrogens is 541 g/mol. The number of aromatic nitrogens is 3. The highest BCUT2D eigenvalue weighted by molar-refractivity contribution is 7.14. The second-order valence-corrected chi connectivity index (χ2v) is 10.9. The monoisotopic (exact) mass is 570 g/mol. The number of nitrogens with zero attached hydrogens (tertiary/aromatic N) is 4. The average molecular weight is 571 g/mol. The fourth-order valence-corrected chi connectivity index (χ4v) is 5.64. The summed E-state index contributed by atoms with van der Waals surface area (Å²) in [7, 11) is 2.08. The van der Waals surface area contributed by atoms with Crippen molar-refractivity contribution in [3.63, 3.8) is 0 Å². The van der Waals surface area contributed by atoms with Gasteiger partial charge in [-0.15, -0.1) is 10.2 Å². The van der Waals surface area contributed by atoms with E-state index in [0.29, 0.717) is 43.4 Å². The molecule has 5 rings (SSSR count). The molecule has 1 fully saturated rings. The molecule has 0 bridgehead atoms. The summed E-state index contributed by atoms with van der Waals surface area (Å²) in [4.78, 5) is 14.9. The van der Waals surface area contributed by atoms with Gasteiger partial charge in [0.1, 0.15) is 11.6 Å². The Labute approximate surface area is 232 Å². The van der Waals surface area contributed by atoms with Crippen LogP contribution in [0.5, 0.6) is 0 Å². The first-order valence-electron chi connectivity index (χ1n) is 12.8. The number of rotatable bonds is 8. The number of alkyl halides is 3. The van der Waals surface area contributed by atoms with Crippen molar-refractivity contribution in [1.29, 1.82) is 5.41 Å². The summed E-state index contributed by atoms with van der Waals surface area (Å²) in [5.74, 6) is -0.393. The van der Waals surface area contributed by atoms with Gasteiger partial charge < -0.3 is 31.2 Å². The number of carbonyl (C=O) groups excluding carboxylic acids is 1. The zero-order valence-electron chi connectivity index (χ0n) is 21.8. The number of carbonyl (C=O) groups is 1. The summed E-state index contributed by atoms with van der Waals surface area (Å²) in [5.41, 5.74) is 8.49. The maximum atomic E-state index is 13.7. The summed E-state index contributed by atoms with van der Waals surface area (Å²) >= 11 is 1.12. The van der Waals surface area contributed by atoms with Crippen molar-refractivity contribution in [3.05, 3.63) is 58.6 Å². The number of nitrogens with two attached hydrogens (primary N) is 1. The van der Waals surface area contributed by atoms with E-state index in [1.807, 2.05) is 6.07 Å². The van der Waals surface area contributed by atoms with Crippen LogP contribution in [-0.4, -0.2) is 64.1 Å². The van der Waals surface area contributed by atoms with Crippen LogP contribution in [0.4, 0.5) is 24.5 Å². The molecule has 0 aliphatic carbocycles. The summed E-state index contributed by atoms with van der Waals surface area (Å²) < 4.78 is 42.2. The molecule has 2 aromatic carbocycles. The lowest BCUT2D eigenvalue weighted by atomic mass is 10.0. The van der Waals surface area contributed by atoms with Crippen LogP contribution in [0, 0.1) is 5.41 Å². The van der Waals surface area contributed by atoms with E-state index in [0.717, 1.165) is 49.2 Å². The molecule has 0 atom stereocenters. The SMILES string of the molecule is CN1CCC(Nc2cccc3c2cc(-c2nnc(CNC(=O)c4ccc(N)c(C=N)c4)s2)n3CC(F)(F)F)CC1. The van der Waals surface area contributed by atoms with Crippen molar-refractivity contribution in [2.45, 2.75) is 38.1 Å². The van der Waals surface area contributed by atoms with Gasteiger partial charge in [-0.3, -0.25) is 4.79 Å². The van der Waals surface area contributed by atoms with Gasteiger partial charge in [0.25, 0.3) is 5.91 Å². The molecule has 0 saturated carbocycles. The van der Waals surface area contributed by atoms with E-state index in [4.69, 9.17) is 11.1 Å². The Morgan fingerprint density at radius 1 is 1.20 bits per heavy atom. The average Bonchev–Trinajstić information content (AvgIpc) is 3.53. The minimum atomic E-state index is -4.44. The van der Waals surface area contributed by atoms with Gasteiger partial charge in [0.15, 0.2) is 5.01 Å². The lowest BCUT2D eigenvalue weighted by Gasteiger charge is -2.30. The summed E-state index contributed by atoms with van der Waals surface area (Å²) in [6.07, 6.45) is -1.47. The molecule has 1 aliphatic rings. The molecule has 9 nitrogen and oxygen atoms in total. The van der Waals surface area contributed by atoms with Crippen LogP contribution in [0.2, 0.25) is 0 Å². The fourth-order valence-electron chi connectivity index (χ4n) is 4.84. The molecule has 4 aromatic rings. The van der Waals surface area contributed by atoms with Gasteiger partial charge in [-0.05, 0) is 69.4 Å². The predicted molar refractivity (Wildman–Crippen MR) is 151 cm³/mol. The van der Waals surface area contributed by atoms with Crippen molar-refractivity contribution in [1.82, 2.24) is 25.0 Å². The third kappa shape index (κ3) is 6.10. The van der Waals surface area contributed by atoms with Crippen molar-refractivity contribution in [3.8, 4) is 10.7 Å². The Hall–Kier alpha value is -3.97. The molecule has 5 N–H and O–H groups in total. The van der Waals surface area contributed by atoms with Gasteiger partial charge in [-0.2, -0.15) is 13.2 Å². The van der Waals surface area contributed by atoms with Crippen LogP contribution in [0.1, 0.15) is 33.8 Å². The Morgan fingerprint density at radius 2 is 1.98 bits per heavy atom. The largest absolute Gasteiger partial charge is 0.406 e. The highest BCUT2D eigenvalue weighted by atomic mass is 32.1. The highest BCUT2D eigenvalue weighted by Gasteiger charge is 2.31. The summed E-state index contributed by atoms with van der Waals surface area (Å²) in [6.45, 7) is 0.797. The van der Waals surface area contributed by atoms with Crippen molar-refractivity contribution >= 4 is 45.7 Å². The lowest BCUT2D eigenvalue weighted by molar-refractivity contribution is -0.139. The molecule has 1 amide bonds. The van der Waals surface area contributed by atoms with E-state index in [-0.39, 0.29) is 12.6 Å². The second kappa shape index (κ2) is 11.3. The van der Waals surface area contributed by atoms with Gasteiger partial charge in [0.2, 0.25) is 0 Å². The number of hydrogen-bond donors (Lipinski definition) is 4. The van der Waals surface area contributed by atoms with Gasteiger partial charge >= 0.3 is 6.18 Å². The first-order valence-corrected chi connectivity index (χ1v) is 13.6. The second-order valence-electron chi connectivity index (χ2n) is 9.86. The van der Waals surface area contributed by atoms with E-state index in [9.17, 15) is 18.0 Å².